The average molecular weight is 537 g/mol. The number of nitrogens with zero attached hydrogens (tertiary/aromatic N) is 1. The number of carbonyl (C=O) groups excluding carboxylic acids is 1. The Morgan fingerprint density at radius 1 is 1.00 bits per heavy atom. The number of rotatable bonds is 9. The Morgan fingerprint density at radius 3 is 2.08 bits per heavy atom. The molecule has 0 aliphatic carbocycles. The van der Waals surface area contributed by atoms with Crippen molar-refractivity contribution in [3.05, 3.63) is 59.4 Å². The Kier molecular flexibility index (Phi) is 10.0. The van der Waals surface area contributed by atoms with E-state index in [1.165, 1.54) is 20.4 Å². The number of halogens is 3. The van der Waals surface area contributed by atoms with Crippen LogP contribution in [0.15, 0.2) is 42.6 Å². The minimum atomic E-state index is -5.08. The van der Waals surface area contributed by atoms with Crippen molar-refractivity contribution in [2.75, 3.05) is 14.2 Å². The second-order valence-corrected chi connectivity index (χ2v) is 7.95. The third-order valence-electron chi connectivity index (χ3n) is 5.28. The van der Waals surface area contributed by atoms with E-state index in [-0.39, 0.29) is 24.0 Å². The highest BCUT2D eigenvalue weighted by Gasteiger charge is 2.38. The summed E-state index contributed by atoms with van der Waals surface area (Å²) >= 11 is 0. The van der Waals surface area contributed by atoms with Crippen molar-refractivity contribution >= 4 is 28.5 Å². The molecule has 0 radical (unpaired) electrons. The van der Waals surface area contributed by atoms with Gasteiger partial charge in [-0.2, -0.15) is 13.2 Å². The number of alkyl halides is 3. The van der Waals surface area contributed by atoms with Gasteiger partial charge in [0.15, 0.2) is 11.5 Å². The monoisotopic (exact) mass is 537 g/mol. The summed E-state index contributed by atoms with van der Waals surface area (Å²) < 4.78 is 48.3. The molecule has 2 aromatic carbocycles. The van der Waals surface area contributed by atoms with Crippen molar-refractivity contribution in [3.63, 3.8) is 0 Å². The van der Waals surface area contributed by atoms with Crippen molar-refractivity contribution in [3.8, 4) is 17.2 Å². The number of carboxylic acid groups (broad SMARTS) is 2. The van der Waals surface area contributed by atoms with E-state index in [4.69, 9.17) is 24.1 Å². The number of ether oxygens (including phenoxy) is 3. The van der Waals surface area contributed by atoms with Crippen LogP contribution in [0.5, 0.6) is 17.2 Å². The molecule has 3 rings (SSSR count). The van der Waals surface area contributed by atoms with Gasteiger partial charge in [-0.15, -0.1) is 0 Å². The van der Waals surface area contributed by atoms with Crippen LogP contribution in [0.1, 0.15) is 41.9 Å². The molecule has 1 aromatic heterocycles. The van der Waals surface area contributed by atoms with E-state index < -0.39 is 18.1 Å². The number of carboxylic acids is 2. The number of fused-ring (bicyclic) bond motifs is 1. The summed E-state index contributed by atoms with van der Waals surface area (Å²) in [6.07, 6.45) is -3.02. The van der Waals surface area contributed by atoms with Crippen LogP contribution in [0, 0.1) is 0 Å². The van der Waals surface area contributed by atoms with Gasteiger partial charge in [0, 0.05) is 17.1 Å². The zero-order chi connectivity index (χ0) is 28.6. The minimum Gasteiger partial charge on any atom is -0.493 e. The molecule has 12 heteroatoms. The smallest absolute Gasteiger partial charge is 0.490 e. The molecule has 2 N–H and O–H groups in total. The summed E-state index contributed by atoms with van der Waals surface area (Å²) in [6, 6.07) is 10.3. The highest BCUT2D eigenvalue weighted by Crippen LogP contribution is 2.35. The van der Waals surface area contributed by atoms with Gasteiger partial charge < -0.3 is 24.4 Å². The number of aromatic nitrogens is 1. The van der Waals surface area contributed by atoms with Gasteiger partial charge in [-0.3, -0.25) is 14.6 Å². The van der Waals surface area contributed by atoms with Gasteiger partial charge >= 0.3 is 18.1 Å². The SMILES string of the molecule is CCC(C)Oc1cccc(C(=O)c2ncc(CC(=O)O)c3cc(OC)c(OC)cc23)c1.O=C(O)C(F)(F)F. The van der Waals surface area contributed by atoms with Crippen LogP contribution in [0.2, 0.25) is 0 Å². The normalized spacial score (nSPS) is 11.7. The first kappa shape index (κ1) is 29.9. The van der Waals surface area contributed by atoms with Crippen LogP contribution in [0.25, 0.3) is 10.8 Å². The molecule has 0 bridgehead atoms. The van der Waals surface area contributed by atoms with Crippen LogP contribution in [0.4, 0.5) is 13.2 Å². The zero-order valence-corrected chi connectivity index (χ0v) is 21.0. The molecule has 0 aliphatic heterocycles. The summed E-state index contributed by atoms with van der Waals surface area (Å²) in [5.41, 5.74) is 1.11. The molecule has 38 heavy (non-hydrogen) atoms. The van der Waals surface area contributed by atoms with E-state index in [2.05, 4.69) is 4.98 Å². The van der Waals surface area contributed by atoms with Crippen LogP contribution >= 0.6 is 0 Å². The maximum atomic E-state index is 13.3. The van der Waals surface area contributed by atoms with E-state index in [0.29, 0.717) is 39.1 Å². The van der Waals surface area contributed by atoms with Gasteiger partial charge in [-0.25, -0.2) is 4.79 Å². The van der Waals surface area contributed by atoms with Crippen molar-refractivity contribution in [2.24, 2.45) is 0 Å². The molecule has 1 unspecified atom stereocenters. The topological polar surface area (TPSA) is 132 Å². The van der Waals surface area contributed by atoms with Gasteiger partial charge in [0.05, 0.1) is 26.7 Å². The lowest BCUT2D eigenvalue weighted by Crippen LogP contribution is -2.21. The van der Waals surface area contributed by atoms with Gasteiger partial charge in [-0.05, 0) is 48.6 Å². The fraction of sp³-hybridized carbons (Fsp3) is 0.308. The fourth-order valence-electron chi connectivity index (χ4n) is 3.27. The largest absolute Gasteiger partial charge is 0.493 e. The van der Waals surface area contributed by atoms with Crippen molar-refractivity contribution in [1.29, 1.82) is 0 Å². The van der Waals surface area contributed by atoms with Gasteiger partial charge in [-0.1, -0.05) is 19.1 Å². The number of hydrogen-bond donors (Lipinski definition) is 2. The number of benzene rings is 2. The molecular weight excluding hydrogens is 511 g/mol. The first-order chi connectivity index (χ1) is 17.8. The summed E-state index contributed by atoms with van der Waals surface area (Å²) in [4.78, 5) is 37.9. The van der Waals surface area contributed by atoms with Crippen LogP contribution in [0.3, 0.4) is 0 Å². The number of aliphatic carboxylic acids is 2. The Hall–Kier alpha value is -4.35. The molecule has 1 atom stereocenters. The lowest BCUT2D eigenvalue weighted by Gasteiger charge is -2.15. The molecule has 0 saturated heterocycles. The second-order valence-electron chi connectivity index (χ2n) is 7.95. The zero-order valence-electron chi connectivity index (χ0n) is 21.0. The summed E-state index contributed by atoms with van der Waals surface area (Å²) in [7, 11) is 2.99. The highest BCUT2D eigenvalue weighted by atomic mass is 19.4. The number of methoxy groups -OCH3 is 2. The van der Waals surface area contributed by atoms with Crippen molar-refractivity contribution in [1.82, 2.24) is 4.98 Å². The number of ketones is 1. The molecule has 0 spiro atoms. The van der Waals surface area contributed by atoms with Crippen LogP contribution in [-0.2, 0) is 16.0 Å². The van der Waals surface area contributed by atoms with Crippen LogP contribution < -0.4 is 14.2 Å². The van der Waals surface area contributed by atoms with Gasteiger partial charge in [0.1, 0.15) is 11.4 Å². The molecule has 0 saturated carbocycles. The molecule has 0 fully saturated rings. The number of carbonyl (C=O) groups is 3. The van der Waals surface area contributed by atoms with E-state index in [1.54, 1.807) is 36.4 Å². The fourth-order valence-corrected chi connectivity index (χ4v) is 3.27. The standard InChI is InChI=1S/C24H25NO6.C2HF3O2/c1-5-14(2)31-17-8-6-7-15(9-17)24(28)23-19-12-21(30-4)20(29-3)11-18(19)16(13-25-23)10-22(26)27;3-2(4,5)1(6)7/h6-9,11-14H,5,10H2,1-4H3,(H,26,27);(H,6,7). The molecule has 204 valence electrons. The lowest BCUT2D eigenvalue weighted by molar-refractivity contribution is -0.192. The third kappa shape index (κ3) is 7.58. The maximum absolute atomic E-state index is 13.3. The molecule has 3 aromatic rings. The third-order valence-corrected chi connectivity index (χ3v) is 5.28. The first-order valence-corrected chi connectivity index (χ1v) is 11.2. The molecule has 9 nitrogen and oxygen atoms in total. The number of hydrogen-bond acceptors (Lipinski definition) is 7. The Morgan fingerprint density at radius 2 is 1.58 bits per heavy atom. The van der Waals surface area contributed by atoms with Crippen molar-refractivity contribution in [2.45, 2.75) is 39.0 Å². The predicted molar refractivity (Wildman–Crippen MR) is 130 cm³/mol. The molecular formula is C26H26F3NO8. The minimum absolute atomic E-state index is 0.0244. The quantitative estimate of drug-likeness (QED) is 0.365. The summed E-state index contributed by atoms with van der Waals surface area (Å²) in [5, 5.41) is 17.5. The van der Waals surface area contributed by atoms with E-state index in [0.717, 1.165) is 6.42 Å². The van der Waals surface area contributed by atoms with Gasteiger partial charge in [0.25, 0.3) is 0 Å². The molecule has 1 heterocycles. The second kappa shape index (κ2) is 12.7. The van der Waals surface area contributed by atoms with Crippen molar-refractivity contribution < 1.29 is 52.0 Å². The van der Waals surface area contributed by atoms with Crippen LogP contribution in [-0.4, -0.2) is 59.4 Å². The van der Waals surface area contributed by atoms with E-state index in [1.807, 2.05) is 13.8 Å². The molecule has 0 amide bonds. The summed E-state index contributed by atoms with van der Waals surface area (Å²) in [6.45, 7) is 3.99. The highest BCUT2D eigenvalue weighted by molar-refractivity contribution is 6.16. The van der Waals surface area contributed by atoms with E-state index >= 15 is 0 Å². The lowest BCUT2D eigenvalue weighted by atomic mass is 9.98. The molecule has 0 aliphatic rings. The average Bonchev–Trinajstić information content (AvgIpc) is 2.87. The predicted octanol–water partition coefficient (Wildman–Crippen LogP) is 4.92. The Balaban J connectivity index is 0.000000638. The van der Waals surface area contributed by atoms with E-state index in [9.17, 15) is 27.9 Å². The first-order valence-electron chi connectivity index (χ1n) is 11.2. The Labute approximate surface area is 215 Å². The maximum Gasteiger partial charge on any atom is 0.490 e. The number of pyridine rings is 1. The summed E-state index contributed by atoms with van der Waals surface area (Å²) in [5.74, 6) is -2.58. The van der Waals surface area contributed by atoms with Gasteiger partial charge in [0.2, 0.25) is 5.78 Å². The Bertz CT molecular complexity index is 1320.